The fourth-order valence-electron chi connectivity index (χ4n) is 2.01. The number of anilines is 1. The van der Waals surface area contributed by atoms with Crippen molar-refractivity contribution in [2.45, 2.75) is 32.3 Å². The molecule has 0 bridgehead atoms. The summed E-state index contributed by atoms with van der Waals surface area (Å²) in [7, 11) is 0. The molecule has 1 fully saturated rings. The predicted octanol–water partition coefficient (Wildman–Crippen LogP) is 2.55. The van der Waals surface area contributed by atoms with E-state index in [9.17, 15) is 4.79 Å². The Morgan fingerprint density at radius 2 is 2.17 bits per heavy atom. The molecular formula is C14H20N2O2. The van der Waals surface area contributed by atoms with E-state index in [0.717, 1.165) is 31.6 Å². The highest BCUT2D eigenvalue weighted by molar-refractivity contribution is 5.89. The van der Waals surface area contributed by atoms with Crippen molar-refractivity contribution in [3.63, 3.8) is 0 Å². The van der Waals surface area contributed by atoms with Gasteiger partial charge in [-0.25, -0.2) is 4.79 Å². The van der Waals surface area contributed by atoms with Gasteiger partial charge in [0.2, 0.25) is 0 Å². The van der Waals surface area contributed by atoms with E-state index in [1.807, 2.05) is 24.3 Å². The molecule has 4 heteroatoms. The molecule has 2 amide bonds. The molecule has 1 aromatic rings. The topological polar surface area (TPSA) is 50.4 Å². The quantitative estimate of drug-likeness (QED) is 0.860. The van der Waals surface area contributed by atoms with Crippen molar-refractivity contribution < 1.29 is 9.53 Å². The summed E-state index contributed by atoms with van der Waals surface area (Å²) in [6.07, 6.45) is 3.31. The van der Waals surface area contributed by atoms with Crippen molar-refractivity contribution in [1.82, 2.24) is 5.32 Å². The third-order valence-electron chi connectivity index (χ3n) is 3.13. The summed E-state index contributed by atoms with van der Waals surface area (Å²) in [4.78, 5) is 11.6. The molecule has 1 heterocycles. The molecule has 2 rings (SSSR count). The van der Waals surface area contributed by atoms with Crippen LogP contribution >= 0.6 is 0 Å². The highest BCUT2D eigenvalue weighted by Crippen LogP contribution is 2.11. The first-order valence-corrected chi connectivity index (χ1v) is 6.53. The summed E-state index contributed by atoms with van der Waals surface area (Å²) < 4.78 is 5.44. The maximum absolute atomic E-state index is 11.6. The Balaban J connectivity index is 1.75. The van der Waals surface area contributed by atoms with Gasteiger partial charge in [-0.3, -0.25) is 0 Å². The summed E-state index contributed by atoms with van der Waals surface area (Å²) in [6.45, 7) is 3.50. The second kappa shape index (κ2) is 6.40. The largest absolute Gasteiger partial charge is 0.376 e. The molecule has 98 valence electrons. The first-order chi connectivity index (χ1) is 8.78. The number of aryl methyl sites for hydroxylation is 1. The van der Waals surface area contributed by atoms with Gasteiger partial charge in [-0.05, 0) is 37.0 Å². The molecule has 18 heavy (non-hydrogen) atoms. The number of rotatable bonds is 4. The lowest BCUT2D eigenvalue weighted by Crippen LogP contribution is -2.35. The van der Waals surface area contributed by atoms with E-state index in [4.69, 9.17) is 4.74 Å². The molecule has 1 aliphatic heterocycles. The molecule has 4 nitrogen and oxygen atoms in total. The summed E-state index contributed by atoms with van der Waals surface area (Å²) in [6, 6.07) is 7.72. The Bertz CT molecular complexity index is 383. The van der Waals surface area contributed by atoms with E-state index in [-0.39, 0.29) is 12.1 Å². The summed E-state index contributed by atoms with van der Waals surface area (Å²) in [5, 5.41) is 5.64. The first kappa shape index (κ1) is 12.9. The highest BCUT2D eigenvalue weighted by atomic mass is 16.5. The Kier molecular flexibility index (Phi) is 4.59. The van der Waals surface area contributed by atoms with Crippen molar-refractivity contribution in [2.24, 2.45) is 0 Å². The van der Waals surface area contributed by atoms with E-state index in [2.05, 4.69) is 17.6 Å². The number of carbonyl (C=O) groups is 1. The Morgan fingerprint density at radius 3 is 2.78 bits per heavy atom. The minimum atomic E-state index is -0.172. The third kappa shape index (κ3) is 3.74. The van der Waals surface area contributed by atoms with Gasteiger partial charge in [-0.2, -0.15) is 0 Å². The molecule has 2 N–H and O–H groups in total. The molecule has 0 saturated carbocycles. The molecule has 0 radical (unpaired) electrons. The second-order valence-corrected chi connectivity index (χ2v) is 4.52. The lowest BCUT2D eigenvalue weighted by Gasteiger charge is -2.11. The van der Waals surface area contributed by atoms with Crippen LogP contribution in [0.15, 0.2) is 24.3 Å². The molecule has 1 atom stereocenters. The van der Waals surface area contributed by atoms with Gasteiger partial charge >= 0.3 is 6.03 Å². The molecule has 1 aromatic carbocycles. The number of nitrogens with one attached hydrogen (secondary N) is 2. The fraction of sp³-hybridized carbons (Fsp3) is 0.500. The van der Waals surface area contributed by atoms with Crippen LogP contribution in [0.3, 0.4) is 0 Å². The van der Waals surface area contributed by atoms with Crippen LogP contribution in [-0.2, 0) is 11.2 Å². The van der Waals surface area contributed by atoms with E-state index in [0.29, 0.717) is 6.54 Å². The maximum atomic E-state index is 11.6. The minimum Gasteiger partial charge on any atom is -0.376 e. The zero-order chi connectivity index (χ0) is 12.8. The van der Waals surface area contributed by atoms with E-state index >= 15 is 0 Å². The number of benzene rings is 1. The molecule has 0 spiro atoms. The lowest BCUT2D eigenvalue weighted by atomic mass is 10.1. The normalized spacial score (nSPS) is 18.6. The van der Waals surface area contributed by atoms with Gasteiger partial charge in [0.25, 0.3) is 0 Å². The molecular weight excluding hydrogens is 228 g/mol. The predicted molar refractivity (Wildman–Crippen MR) is 71.8 cm³/mol. The summed E-state index contributed by atoms with van der Waals surface area (Å²) in [5.74, 6) is 0. The summed E-state index contributed by atoms with van der Waals surface area (Å²) in [5.41, 5.74) is 2.08. The average molecular weight is 248 g/mol. The van der Waals surface area contributed by atoms with Crippen LogP contribution in [0.1, 0.15) is 25.3 Å². The van der Waals surface area contributed by atoms with E-state index in [1.54, 1.807) is 0 Å². The van der Waals surface area contributed by atoms with Crippen molar-refractivity contribution in [2.75, 3.05) is 18.5 Å². The number of urea groups is 1. The Labute approximate surface area is 108 Å². The molecule has 1 saturated heterocycles. The molecule has 0 unspecified atom stereocenters. The fourth-order valence-corrected chi connectivity index (χ4v) is 2.01. The standard InChI is InChI=1S/C14H20N2O2/c1-2-11-5-7-12(8-6-11)16-14(17)15-10-13-4-3-9-18-13/h5-8,13H,2-4,9-10H2,1H3,(H2,15,16,17)/t13-/m1/s1. The number of carbonyl (C=O) groups excluding carboxylic acids is 1. The van der Waals surface area contributed by atoms with Gasteiger partial charge < -0.3 is 15.4 Å². The van der Waals surface area contributed by atoms with Crippen molar-refractivity contribution in [3.05, 3.63) is 29.8 Å². The number of ether oxygens (including phenoxy) is 1. The highest BCUT2D eigenvalue weighted by Gasteiger charge is 2.15. The van der Waals surface area contributed by atoms with Crippen molar-refractivity contribution >= 4 is 11.7 Å². The third-order valence-corrected chi connectivity index (χ3v) is 3.13. The van der Waals surface area contributed by atoms with Crippen LogP contribution in [0.25, 0.3) is 0 Å². The van der Waals surface area contributed by atoms with Crippen molar-refractivity contribution in [1.29, 1.82) is 0 Å². The van der Waals surface area contributed by atoms with Crippen molar-refractivity contribution in [3.8, 4) is 0 Å². The first-order valence-electron chi connectivity index (χ1n) is 6.53. The number of hydrogen-bond acceptors (Lipinski definition) is 2. The Morgan fingerprint density at radius 1 is 1.39 bits per heavy atom. The molecule has 1 aliphatic rings. The van der Waals surface area contributed by atoms with Crippen LogP contribution in [0.5, 0.6) is 0 Å². The van der Waals surface area contributed by atoms with Gasteiger partial charge in [-0.1, -0.05) is 19.1 Å². The monoisotopic (exact) mass is 248 g/mol. The molecule has 0 aliphatic carbocycles. The van der Waals surface area contributed by atoms with Crippen LogP contribution in [0, 0.1) is 0 Å². The van der Waals surface area contributed by atoms with Gasteiger partial charge in [0.05, 0.1) is 6.10 Å². The average Bonchev–Trinajstić information content (AvgIpc) is 2.90. The van der Waals surface area contributed by atoms with Crippen LogP contribution in [-0.4, -0.2) is 25.3 Å². The van der Waals surface area contributed by atoms with Gasteiger partial charge in [-0.15, -0.1) is 0 Å². The van der Waals surface area contributed by atoms with Gasteiger partial charge in [0.1, 0.15) is 0 Å². The lowest BCUT2D eigenvalue weighted by molar-refractivity contribution is 0.112. The maximum Gasteiger partial charge on any atom is 0.319 e. The summed E-state index contributed by atoms with van der Waals surface area (Å²) >= 11 is 0. The van der Waals surface area contributed by atoms with E-state index in [1.165, 1.54) is 5.56 Å². The molecule has 0 aromatic heterocycles. The van der Waals surface area contributed by atoms with Gasteiger partial charge in [0, 0.05) is 18.8 Å². The van der Waals surface area contributed by atoms with E-state index < -0.39 is 0 Å². The minimum absolute atomic E-state index is 0.172. The number of hydrogen-bond donors (Lipinski definition) is 2. The zero-order valence-electron chi connectivity index (χ0n) is 10.7. The second-order valence-electron chi connectivity index (χ2n) is 4.52. The smallest absolute Gasteiger partial charge is 0.319 e. The Hall–Kier alpha value is -1.55. The van der Waals surface area contributed by atoms with Gasteiger partial charge in [0.15, 0.2) is 0 Å². The van der Waals surface area contributed by atoms with Crippen LogP contribution in [0.4, 0.5) is 10.5 Å². The van der Waals surface area contributed by atoms with Crippen LogP contribution < -0.4 is 10.6 Å². The SMILES string of the molecule is CCc1ccc(NC(=O)NC[C@H]2CCCO2)cc1. The zero-order valence-corrected chi connectivity index (χ0v) is 10.7. The number of amides is 2. The van der Waals surface area contributed by atoms with Crippen LogP contribution in [0.2, 0.25) is 0 Å².